The summed E-state index contributed by atoms with van der Waals surface area (Å²) >= 11 is 0. The van der Waals surface area contributed by atoms with Gasteiger partial charge in [-0.2, -0.15) is 0 Å². The molecule has 0 heterocycles. The van der Waals surface area contributed by atoms with E-state index in [9.17, 15) is 4.79 Å². The van der Waals surface area contributed by atoms with E-state index >= 15 is 0 Å². The van der Waals surface area contributed by atoms with Crippen LogP contribution in [0.5, 0.6) is 0 Å². The smallest absolute Gasteiger partial charge is 0.247 e. The van der Waals surface area contributed by atoms with Crippen LogP contribution >= 0.6 is 0 Å². The molecular weight excluding hydrogens is 126 g/mol. The molecule has 1 aliphatic carbocycles. The second-order valence-corrected chi connectivity index (χ2v) is 2.31. The number of carbonyl (C=O) groups is 1. The SMILES string of the molecule is C=CC(=O)NC1=CCCC1. The molecule has 2 nitrogen and oxygen atoms in total. The maximum atomic E-state index is 10.7. The summed E-state index contributed by atoms with van der Waals surface area (Å²) in [6, 6.07) is 0. The highest BCUT2D eigenvalue weighted by molar-refractivity contribution is 5.88. The zero-order valence-corrected chi connectivity index (χ0v) is 5.89. The molecule has 0 saturated heterocycles. The first kappa shape index (κ1) is 7.06. The molecule has 0 aliphatic heterocycles. The van der Waals surface area contributed by atoms with Crippen molar-refractivity contribution in [2.45, 2.75) is 19.3 Å². The largest absolute Gasteiger partial charge is 0.327 e. The van der Waals surface area contributed by atoms with Crippen molar-refractivity contribution in [3.8, 4) is 0 Å². The molecule has 0 radical (unpaired) electrons. The predicted octanol–water partition coefficient (Wildman–Crippen LogP) is 1.36. The molecule has 0 unspecified atom stereocenters. The Morgan fingerprint density at radius 2 is 2.60 bits per heavy atom. The average Bonchev–Trinajstić information content (AvgIpc) is 2.40. The summed E-state index contributed by atoms with van der Waals surface area (Å²) < 4.78 is 0. The molecule has 0 aromatic rings. The fourth-order valence-corrected chi connectivity index (χ4v) is 0.994. The zero-order chi connectivity index (χ0) is 7.40. The van der Waals surface area contributed by atoms with Gasteiger partial charge in [-0.15, -0.1) is 0 Å². The number of rotatable bonds is 2. The zero-order valence-electron chi connectivity index (χ0n) is 5.89. The van der Waals surface area contributed by atoms with Gasteiger partial charge in [-0.25, -0.2) is 0 Å². The van der Waals surface area contributed by atoms with Crippen molar-refractivity contribution >= 4 is 5.91 Å². The Kier molecular flexibility index (Phi) is 2.26. The van der Waals surface area contributed by atoms with Crippen LogP contribution in [0.4, 0.5) is 0 Å². The average molecular weight is 137 g/mol. The van der Waals surface area contributed by atoms with Gasteiger partial charge in [0.05, 0.1) is 0 Å². The number of hydrogen-bond donors (Lipinski definition) is 1. The van der Waals surface area contributed by atoms with Crippen molar-refractivity contribution < 1.29 is 4.79 Å². The Bertz CT molecular complexity index is 182. The summed E-state index contributed by atoms with van der Waals surface area (Å²) in [7, 11) is 0. The van der Waals surface area contributed by atoms with Crippen LogP contribution < -0.4 is 5.32 Å². The minimum atomic E-state index is -0.104. The first-order valence-electron chi connectivity index (χ1n) is 3.45. The molecule has 2 heteroatoms. The first-order chi connectivity index (χ1) is 4.83. The maximum absolute atomic E-state index is 10.7. The molecule has 0 saturated carbocycles. The van der Waals surface area contributed by atoms with E-state index in [4.69, 9.17) is 0 Å². The third-order valence-electron chi connectivity index (χ3n) is 1.51. The van der Waals surface area contributed by atoms with E-state index < -0.39 is 0 Å². The lowest BCUT2D eigenvalue weighted by Crippen LogP contribution is -2.18. The lowest BCUT2D eigenvalue weighted by molar-refractivity contribution is -0.115. The summed E-state index contributed by atoms with van der Waals surface area (Å²) in [4.78, 5) is 10.7. The van der Waals surface area contributed by atoms with Crippen LogP contribution in [-0.2, 0) is 4.79 Å². The van der Waals surface area contributed by atoms with Crippen LogP contribution in [0.15, 0.2) is 24.4 Å². The molecule has 10 heavy (non-hydrogen) atoms. The number of hydrogen-bond acceptors (Lipinski definition) is 1. The molecule has 0 fully saturated rings. The van der Waals surface area contributed by atoms with Gasteiger partial charge in [-0.05, 0) is 25.3 Å². The van der Waals surface area contributed by atoms with Crippen molar-refractivity contribution in [2.24, 2.45) is 0 Å². The molecule has 1 rings (SSSR count). The van der Waals surface area contributed by atoms with Gasteiger partial charge in [0.1, 0.15) is 0 Å². The normalized spacial score (nSPS) is 16.2. The van der Waals surface area contributed by atoms with Gasteiger partial charge >= 0.3 is 0 Å². The second-order valence-electron chi connectivity index (χ2n) is 2.31. The van der Waals surface area contributed by atoms with Crippen molar-refractivity contribution in [2.75, 3.05) is 0 Å². The van der Waals surface area contributed by atoms with Crippen LogP contribution in [0.2, 0.25) is 0 Å². The monoisotopic (exact) mass is 137 g/mol. The minimum absolute atomic E-state index is 0.104. The van der Waals surface area contributed by atoms with Crippen molar-refractivity contribution in [1.82, 2.24) is 5.32 Å². The molecule has 0 atom stereocenters. The van der Waals surface area contributed by atoms with Crippen molar-refractivity contribution in [3.05, 3.63) is 24.4 Å². The summed E-state index contributed by atoms with van der Waals surface area (Å²) in [5.41, 5.74) is 1.05. The van der Waals surface area contributed by atoms with E-state index in [1.807, 2.05) is 0 Å². The molecule has 54 valence electrons. The topological polar surface area (TPSA) is 29.1 Å². The first-order valence-corrected chi connectivity index (χ1v) is 3.45. The molecule has 1 N–H and O–H groups in total. The van der Waals surface area contributed by atoms with Crippen molar-refractivity contribution in [3.63, 3.8) is 0 Å². The van der Waals surface area contributed by atoms with Crippen LogP contribution in [0, 0.1) is 0 Å². The molecular formula is C8H11NO. The highest BCUT2D eigenvalue weighted by Crippen LogP contribution is 2.14. The van der Waals surface area contributed by atoms with E-state index in [-0.39, 0.29) is 5.91 Å². The summed E-state index contributed by atoms with van der Waals surface area (Å²) in [5.74, 6) is -0.104. The highest BCUT2D eigenvalue weighted by atomic mass is 16.1. The molecule has 0 aromatic heterocycles. The summed E-state index contributed by atoms with van der Waals surface area (Å²) in [6.45, 7) is 3.36. The Morgan fingerprint density at radius 1 is 1.80 bits per heavy atom. The fourth-order valence-electron chi connectivity index (χ4n) is 0.994. The maximum Gasteiger partial charge on any atom is 0.247 e. The van der Waals surface area contributed by atoms with Crippen LogP contribution in [0.1, 0.15) is 19.3 Å². The lowest BCUT2D eigenvalue weighted by Gasteiger charge is -1.99. The van der Waals surface area contributed by atoms with Gasteiger partial charge in [0, 0.05) is 5.70 Å². The Morgan fingerprint density at radius 3 is 3.10 bits per heavy atom. The van der Waals surface area contributed by atoms with Gasteiger partial charge in [-0.1, -0.05) is 12.7 Å². The Balaban J connectivity index is 2.37. The number of amides is 1. The van der Waals surface area contributed by atoms with E-state index in [1.165, 1.54) is 6.08 Å². The van der Waals surface area contributed by atoms with Gasteiger partial charge in [0.2, 0.25) is 5.91 Å². The van der Waals surface area contributed by atoms with Gasteiger partial charge in [-0.3, -0.25) is 4.79 Å². The molecule has 1 aliphatic rings. The summed E-state index contributed by atoms with van der Waals surface area (Å²) in [5, 5.41) is 2.73. The number of carbonyl (C=O) groups excluding carboxylic acids is 1. The molecule has 0 aromatic carbocycles. The predicted molar refractivity (Wildman–Crippen MR) is 40.3 cm³/mol. The van der Waals surface area contributed by atoms with E-state index in [2.05, 4.69) is 18.0 Å². The van der Waals surface area contributed by atoms with E-state index in [1.54, 1.807) is 0 Å². The Labute approximate surface area is 60.6 Å². The van der Waals surface area contributed by atoms with E-state index in [0.717, 1.165) is 25.0 Å². The van der Waals surface area contributed by atoms with Gasteiger partial charge < -0.3 is 5.32 Å². The third-order valence-corrected chi connectivity index (χ3v) is 1.51. The van der Waals surface area contributed by atoms with Crippen LogP contribution in [0.3, 0.4) is 0 Å². The lowest BCUT2D eigenvalue weighted by atomic mass is 10.3. The van der Waals surface area contributed by atoms with Crippen LogP contribution in [-0.4, -0.2) is 5.91 Å². The van der Waals surface area contributed by atoms with Gasteiger partial charge in [0.15, 0.2) is 0 Å². The van der Waals surface area contributed by atoms with Crippen LogP contribution in [0.25, 0.3) is 0 Å². The highest BCUT2D eigenvalue weighted by Gasteiger charge is 2.04. The summed E-state index contributed by atoms with van der Waals surface area (Å²) in [6.07, 6.45) is 6.60. The van der Waals surface area contributed by atoms with E-state index in [0.29, 0.717) is 0 Å². The minimum Gasteiger partial charge on any atom is -0.327 e. The fraction of sp³-hybridized carbons (Fsp3) is 0.375. The quantitative estimate of drug-likeness (QED) is 0.572. The van der Waals surface area contributed by atoms with Crippen molar-refractivity contribution in [1.29, 1.82) is 0 Å². The number of allylic oxidation sites excluding steroid dienone is 2. The Hall–Kier alpha value is -1.05. The third kappa shape index (κ3) is 1.72. The second kappa shape index (κ2) is 3.20. The molecule has 1 amide bonds. The molecule has 0 spiro atoms. The molecule has 0 bridgehead atoms. The number of nitrogens with one attached hydrogen (secondary N) is 1. The standard InChI is InChI=1S/C8H11NO/c1-2-8(10)9-7-5-3-4-6-7/h2,5H,1,3-4,6H2,(H,9,10). The van der Waals surface area contributed by atoms with Gasteiger partial charge in [0.25, 0.3) is 0 Å².